The van der Waals surface area contributed by atoms with E-state index < -0.39 is 0 Å². The van der Waals surface area contributed by atoms with Crippen LogP contribution in [-0.2, 0) is 19.0 Å². The first-order valence-corrected chi connectivity index (χ1v) is 8.08. The number of carbonyl (C=O) groups excluding carboxylic acids is 1. The van der Waals surface area contributed by atoms with Crippen LogP contribution in [0.2, 0.25) is 0 Å². The summed E-state index contributed by atoms with van der Waals surface area (Å²) in [6.45, 7) is 6.72. The zero-order valence-electron chi connectivity index (χ0n) is 14.1. The molecule has 0 radical (unpaired) electrons. The van der Waals surface area contributed by atoms with Gasteiger partial charge in [-0.2, -0.15) is 0 Å². The van der Waals surface area contributed by atoms with Gasteiger partial charge in [0, 0.05) is 18.7 Å². The van der Waals surface area contributed by atoms with E-state index in [2.05, 4.69) is 19.2 Å². The van der Waals surface area contributed by atoms with Crippen molar-refractivity contribution in [2.75, 3.05) is 20.4 Å². The van der Waals surface area contributed by atoms with E-state index in [1.165, 1.54) is 0 Å². The van der Waals surface area contributed by atoms with Crippen LogP contribution < -0.4 is 11.1 Å². The number of carbonyl (C=O) groups is 1. The number of ether oxygens (including phenoxy) is 3. The quantitative estimate of drug-likeness (QED) is 0.494. The third-order valence-corrected chi connectivity index (χ3v) is 3.90. The third kappa shape index (κ3) is 5.35. The summed E-state index contributed by atoms with van der Waals surface area (Å²) in [7, 11) is 1.62. The molecule has 0 fully saturated rings. The molecule has 1 rings (SSSR count). The lowest BCUT2D eigenvalue weighted by atomic mass is 9.88. The summed E-state index contributed by atoms with van der Waals surface area (Å²) in [6, 6.07) is -0.308. The lowest BCUT2D eigenvalue weighted by Crippen LogP contribution is -2.56. The van der Waals surface area contributed by atoms with Crippen molar-refractivity contribution in [3.05, 3.63) is 11.6 Å². The molecule has 0 amide bonds. The fourth-order valence-corrected chi connectivity index (χ4v) is 2.64. The molecule has 0 bridgehead atoms. The fourth-order valence-electron chi connectivity index (χ4n) is 2.64. The standard InChI is InChI=1S/C16H30N2O4/c1-5-12(6-2)22-14-9-11(16(19)21-7-3)8-13(17)15(14)18-10-20-4/h9,12-15,18H,5-8,10,17H2,1-4H3/t13?,14?,15-/m1/s1. The van der Waals surface area contributed by atoms with Crippen LogP contribution in [0.5, 0.6) is 0 Å². The summed E-state index contributed by atoms with van der Waals surface area (Å²) in [5, 5.41) is 3.25. The maximum Gasteiger partial charge on any atom is 0.333 e. The Balaban J connectivity index is 2.91. The number of hydrogen-bond acceptors (Lipinski definition) is 6. The van der Waals surface area contributed by atoms with Gasteiger partial charge in [-0.05, 0) is 32.3 Å². The van der Waals surface area contributed by atoms with Crippen molar-refractivity contribution in [3.8, 4) is 0 Å². The van der Waals surface area contributed by atoms with E-state index >= 15 is 0 Å². The molecule has 128 valence electrons. The first-order valence-electron chi connectivity index (χ1n) is 8.08. The molecule has 6 heteroatoms. The molecule has 0 saturated heterocycles. The minimum Gasteiger partial charge on any atom is -0.463 e. The molecule has 0 saturated carbocycles. The molecular weight excluding hydrogens is 284 g/mol. The SMILES string of the molecule is CCOC(=O)C1=CC(OC(CC)CC)[C@H](NCOC)C(N)C1. The van der Waals surface area contributed by atoms with Crippen molar-refractivity contribution in [2.45, 2.75) is 64.3 Å². The molecule has 0 spiro atoms. The lowest BCUT2D eigenvalue weighted by Gasteiger charge is -2.36. The number of hydrogen-bond donors (Lipinski definition) is 2. The topological polar surface area (TPSA) is 82.8 Å². The predicted octanol–water partition coefficient (Wildman–Crippen LogP) is 1.34. The Hall–Kier alpha value is -0.950. The summed E-state index contributed by atoms with van der Waals surface area (Å²) < 4.78 is 16.3. The van der Waals surface area contributed by atoms with Gasteiger partial charge in [-0.1, -0.05) is 13.8 Å². The van der Waals surface area contributed by atoms with Gasteiger partial charge in [-0.15, -0.1) is 0 Å². The van der Waals surface area contributed by atoms with Gasteiger partial charge < -0.3 is 19.9 Å². The molecule has 2 unspecified atom stereocenters. The van der Waals surface area contributed by atoms with Crippen LogP contribution in [0.1, 0.15) is 40.0 Å². The van der Waals surface area contributed by atoms with Crippen LogP contribution in [0.15, 0.2) is 11.6 Å². The second kappa shape index (κ2) is 9.94. The monoisotopic (exact) mass is 314 g/mol. The maximum absolute atomic E-state index is 12.0. The molecule has 6 nitrogen and oxygen atoms in total. The van der Waals surface area contributed by atoms with Crippen LogP contribution in [0.4, 0.5) is 0 Å². The summed E-state index contributed by atoms with van der Waals surface area (Å²) in [6.07, 6.45) is 4.05. The van der Waals surface area contributed by atoms with Gasteiger partial charge >= 0.3 is 5.97 Å². The van der Waals surface area contributed by atoms with Crippen molar-refractivity contribution in [2.24, 2.45) is 5.73 Å². The highest BCUT2D eigenvalue weighted by Gasteiger charge is 2.35. The number of nitrogens with one attached hydrogen (secondary N) is 1. The first kappa shape index (κ1) is 19.1. The number of esters is 1. The largest absolute Gasteiger partial charge is 0.463 e. The smallest absolute Gasteiger partial charge is 0.333 e. The average Bonchev–Trinajstić information content (AvgIpc) is 2.51. The van der Waals surface area contributed by atoms with E-state index in [1.54, 1.807) is 14.0 Å². The van der Waals surface area contributed by atoms with Crippen LogP contribution >= 0.6 is 0 Å². The van der Waals surface area contributed by atoms with E-state index in [9.17, 15) is 4.79 Å². The molecule has 3 N–H and O–H groups in total. The predicted molar refractivity (Wildman–Crippen MR) is 85.4 cm³/mol. The van der Waals surface area contributed by atoms with Gasteiger partial charge in [0.1, 0.15) is 0 Å². The normalized spacial score (nSPS) is 25.2. The van der Waals surface area contributed by atoms with E-state index in [4.69, 9.17) is 19.9 Å². The molecule has 0 aromatic heterocycles. The molecule has 0 aliphatic heterocycles. The van der Waals surface area contributed by atoms with Crippen LogP contribution in [0, 0.1) is 0 Å². The molecule has 0 heterocycles. The summed E-state index contributed by atoms with van der Waals surface area (Å²) >= 11 is 0. The van der Waals surface area contributed by atoms with Crippen LogP contribution in [0.3, 0.4) is 0 Å². The Morgan fingerprint density at radius 2 is 2.09 bits per heavy atom. The van der Waals surface area contributed by atoms with E-state index in [1.807, 2.05) is 6.08 Å². The van der Waals surface area contributed by atoms with Crippen molar-refractivity contribution in [1.82, 2.24) is 5.32 Å². The second-order valence-corrected chi connectivity index (χ2v) is 5.48. The lowest BCUT2D eigenvalue weighted by molar-refractivity contribution is -0.139. The number of nitrogens with two attached hydrogens (primary N) is 1. The molecule has 0 aromatic carbocycles. The summed E-state index contributed by atoms with van der Waals surface area (Å²) in [5.74, 6) is -0.304. The Bertz CT molecular complexity index is 369. The van der Waals surface area contributed by atoms with E-state index in [0.29, 0.717) is 25.3 Å². The average molecular weight is 314 g/mol. The third-order valence-electron chi connectivity index (χ3n) is 3.90. The van der Waals surface area contributed by atoms with Crippen molar-refractivity contribution in [1.29, 1.82) is 0 Å². The Morgan fingerprint density at radius 3 is 2.64 bits per heavy atom. The molecular formula is C16H30N2O4. The number of methoxy groups -OCH3 is 1. The highest BCUT2D eigenvalue weighted by molar-refractivity contribution is 5.89. The number of rotatable bonds is 9. The van der Waals surface area contributed by atoms with Gasteiger partial charge in [0.25, 0.3) is 0 Å². The molecule has 22 heavy (non-hydrogen) atoms. The Morgan fingerprint density at radius 1 is 1.41 bits per heavy atom. The van der Waals surface area contributed by atoms with Crippen LogP contribution in [0.25, 0.3) is 0 Å². The van der Waals surface area contributed by atoms with Gasteiger partial charge in [-0.3, -0.25) is 5.32 Å². The summed E-state index contributed by atoms with van der Waals surface area (Å²) in [5.41, 5.74) is 6.84. The molecule has 1 aliphatic rings. The first-order chi connectivity index (χ1) is 10.6. The van der Waals surface area contributed by atoms with E-state index in [-0.39, 0.29) is 30.3 Å². The minimum atomic E-state index is -0.304. The fraction of sp³-hybridized carbons (Fsp3) is 0.812. The van der Waals surface area contributed by atoms with Gasteiger partial charge in [-0.25, -0.2) is 4.79 Å². The van der Waals surface area contributed by atoms with Crippen LogP contribution in [-0.4, -0.2) is 50.7 Å². The van der Waals surface area contributed by atoms with Crippen molar-refractivity contribution in [3.63, 3.8) is 0 Å². The highest BCUT2D eigenvalue weighted by atomic mass is 16.5. The molecule has 3 atom stereocenters. The van der Waals surface area contributed by atoms with Crippen molar-refractivity contribution >= 4 is 5.97 Å². The minimum absolute atomic E-state index is 0.0845. The van der Waals surface area contributed by atoms with Crippen molar-refractivity contribution < 1.29 is 19.0 Å². The maximum atomic E-state index is 12.0. The van der Waals surface area contributed by atoms with Gasteiger partial charge in [0.15, 0.2) is 0 Å². The second-order valence-electron chi connectivity index (χ2n) is 5.48. The summed E-state index contributed by atoms with van der Waals surface area (Å²) in [4.78, 5) is 12.0. The van der Waals surface area contributed by atoms with Gasteiger partial charge in [0.2, 0.25) is 0 Å². The zero-order valence-corrected chi connectivity index (χ0v) is 14.1. The Kier molecular flexibility index (Phi) is 8.63. The molecule has 1 aliphatic carbocycles. The van der Waals surface area contributed by atoms with Gasteiger partial charge in [0.05, 0.1) is 31.6 Å². The molecule has 0 aromatic rings. The van der Waals surface area contributed by atoms with E-state index in [0.717, 1.165) is 12.8 Å². The zero-order chi connectivity index (χ0) is 16.5. The Labute approximate surface area is 133 Å². The highest BCUT2D eigenvalue weighted by Crippen LogP contribution is 2.23.